The van der Waals surface area contributed by atoms with Gasteiger partial charge in [0, 0.05) is 23.5 Å². The molecule has 154 valence electrons. The van der Waals surface area contributed by atoms with Crippen molar-refractivity contribution in [3.63, 3.8) is 0 Å². The minimum atomic E-state index is -1.04. The van der Waals surface area contributed by atoms with Gasteiger partial charge in [0.25, 0.3) is 5.91 Å². The van der Waals surface area contributed by atoms with Gasteiger partial charge in [0.15, 0.2) is 5.13 Å². The maximum atomic E-state index is 12.7. The Hall–Kier alpha value is -4.04. The predicted octanol–water partition coefficient (Wildman–Crippen LogP) is 4.83. The van der Waals surface area contributed by atoms with E-state index in [0.29, 0.717) is 10.7 Å². The molecule has 0 unspecified atom stereocenters. The van der Waals surface area contributed by atoms with Crippen LogP contribution in [0.3, 0.4) is 0 Å². The van der Waals surface area contributed by atoms with Crippen LogP contribution in [0.2, 0.25) is 0 Å². The van der Waals surface area contributed by atoms with E-state index in [0.717, 1.165) is 27.4 Å². The van der Waals surface area contributed by atoms with Crippen molar-refractivity contribution in [3.8, 4) is 27.4 Å². The lowest BCUT2D eigenvalue weighted by Crippen LogP contribution is -2.12. The summed E-state index contributed by atoms with van der Waals surface area (Å²) in [7, 11) is 1.61. The van der Waals surface area contributed by atoms with Crippen LogP contribution in [0.25, 0.3) is 21.7 Å². The molecule has 0 saturated carbocycles. The summed E-state index contributed by atoms with van der Waals surface area (Å²) in [6.45, 7) is 0. The summed E-state index contributed by atoms with van der Waals surface area (Å²) in [4.78, 5) is 33.3. The van der Waals surface area contributed by atoms with Crippen LogP contribution in [0.5, 0.6) is 5.75 Å². The average Bonchev–Trinajstić information content (AvgIpc) is 3.23. The largest absolute Gasteiger partial charge is 0.497 e. The van der Waals surface area contributed by atoms with Crippen molar-refractivity contribution in [2.75, 3.05) is 12.4 Å². The maximum Gasteiger partial charge on any atom is 0.335 e. The molecule has 7 nitrogen and oxygen atoms in total. The quantitative estimate of drug-likeness (QED) is 0.453. The zero-order valence-corrected chi connectivity index (χ0v) is 17.2. The van der Waals surface area contributed by atoms with E-state index in [-0.39, 0.29) is 11.5 Å². The first-order valence-corrected chi connectivity index (χ1v) is 10.1. The number of ether oxygens (including phenoxy) is 1. The Morgan fingerprint density at radius 1 is 0.903 bits per heavy atom. The van der Waals surface area contributed by atoms with Gasteiger partial charge in [-0.25, -0.2) is 9.78 Å². The fourth-order valence-electron chi connectivity index (χ4n) is 2.95. The molecule has 0 spiro atoms. The van der Waals surface area contributed by atoms with E-state index in [1.54, 1.807) is 19.5 Å². The Morgan fingerprint density at radius 2 is 1.55 bits per heavy atom. The van der Waals surface area contributed by atoms with Crippen molar-refractivity contribution >= 4 is 28.3 Å². The zero-order valence-electron chi connectivity index (χ0n) is 16.4. The number of carboxylic acid groups (broad SMARTS) is 1. The standard InChI is InChI=1S/C23H17N3O4S/c1-30-18-8-6-14(7-9-18)19-20(15-10-12-24-13-11-15)31-23(25-19)26-21(27)16-2-4-17(5-3-16)22(28)29/h2-13H,1H3,(H,28,29)(H,25,26,27). The predicted molar refractivity (Wildman–Crippen MR) is 119 cm³/mol. The summed E-state index contributed by atoms with van der Waals surface area (Å²) in [6, 6.07) is 17.0. The number of carbonyl (C=O) groups is 2. The third-order valence-electron chi connectivity index (χ3n) is 4.55. The van der Waals surface area contributed by atoms with Gasteiger partial charge in [-0.05, 0) is 66.2 Å². The van der Waals surface area contributed by atoms with E-state index >= 15 is 0 Å². The van der Waals surface area contributed by atoms with E-state index in [1.807, 2.05) is 36.4 Å². The lowest BCUT2D eigenvalue weighted by molar-refractivity contribution is 0.0696. The Morgan fingerprint density at radius 3 is 2.16 bits per heavy atom. The van der Waals surface area contributed by atoms with Crippen molar-refractivity contribution in [2.45, 2.75) is 0 Å². The van der Waals surface area contributed by atoms with Gasteiger partial charge in [-0.2, -0.15) is 0 Å². The zero-order chi connectivity index (χ0) is 21.8. The van der Waals surface area contributed by atoms with Crippen molar-refractivity contribution in [1.82, 2.24) is 9.97 Å². The van der Waals surface area contributed by atoms with Gasteiger partial charge < -0.3 is 9.84 Å². The van der Waals surface area contributed by atoms with E-state index in [1.165, 1.54) is 35.6 Å². The Labute approximate surface area is 182 Å². The van der Waals surface area contributed by atoms with Crippen LogP contribution in [0, 0.1) is 0 Å². The first-order chi connectivity index (χ1) is 15.0. The van der Waals surface area contributed by atoms with Gasteiger partial charge >= 0.3 is 5.97 Å². The minimum absolute atomic E-state index is 0.118. The summed E-state index contributed by atoms with van der Waals surface area (Å²) in [6.07, 6.45) is 3.41. The first-order valence-electron chi connectivity index (χ1n) is 9.25. The molecule has 4 rings (SSSR count). The number of thiazole rings is 1. The topological polar surface area (TPSA) is 101 Å². The van der Waals surface area contributed by atoms with E-state index < -0.39 is 5.97 Å². The molecule has 31 heavy (non-hydrogen) atoms. The summed E-state index contributed by atoms with van der Waals surface area (Å²) >= 11 is 1.35. The van der Waals surface area contributed by atoms with Gasteiger partial charge in [0.2, 0.25) is 0 Å². The third kappa shape index (κ3) is 4.44. The van der Waals surface area contributed by atoms with Crippen molar-refractivity contribution in [1.29, 1.82) is 0 Å². The Bertz CT molecular complexity index is 1220. The molecule has 2 N–H and O–H groups in total. The number of carboxylic acids is 1. The smallest absolute Gasteiger partial charge is 0.335 e. The van der Waals surface area contributed by atoms with Gasteiger partial charge in [-0.15, -0.1) is 0 Å². The Kier molecular flexibility index (Phi) is 5.72. The number of anilines is 1. The highest BCUT2D eigenvalue weighted by Gasteiger charge is 2.17. The van der Waals surface area contributed by atoms with Gasteiger partial charge in [-0.1, -0.05) is 11.3 Å². The number of hydrogen-bond donors (Lipinski definition) is 2. The van der Waals surface area contributed by atoms with Crippen LogP contribution in [0.15, 0.2) is 73.1 Å². The number of methoxy groups -OCH3 is 1. The van der Waals surface area contributed by atoms with E-state index in [9.17, 15) is 9.59 Å². The number of benzene rings is 2. The highest BCUT2D eigenvalue weighted by atomic mass is 32.1. The number of hydrogen-bond acceptors (Lipinski definition) is 6. The van der Waals surface area contributed by atoms with Crippen LogP contribution >= 0.6 is 11.3 Å². The molecule has 0 fully saturated rings. The summed E-state index contributed by atoms with van der Waals surface area (Å²) < 4.78 is 5.23. The number of nitrogens with zero attached hydrogens (tertiary/aromatic N) is 2. The molecule has 4 aromatic rings. The van der Waals surface area contributed by atoms with Gasteiger partial charge in [-0.3, -0.25) is 15.1 Å². The molecule has 0 radical (unpaired) electrons. The fraction of sp³-hybridized carbons (Fsp3) is 0.0435. The fourth-order valence-corrected chi connectivity index (χ4v) is 3.94. The SMILES string of the molecule is COc1ccc(-c2nc(NC(=O)c3ccc(C(=O)O)cc3)sc2-c2ccncc2)cc1. The second-order valence-electron chi connectivity index (χ2n) is 6.50. The third-order valence-corrected chi connectivity index (χ3v) is 5.57. The molecule has 0 aliphatic carbocycles. The molecule has 2 heterocycles. The number of rotatable bonds is 6. The van der Waals surface area contributed by atoms with Crippen LogP contribution in [-0.2, 0) is 0 Å². The molecule has 2 aromatic heterocycles. The van der Waals surface area contributed by atoms with Gasteiger partial charge in [0.1, 0.15) is 5.75 Å². The number of aromatic carboxylic acids is 1. The second-order valence-corrected chi connectivity index (χ2v) is 7.50. The molecule has 1 amide bonds. The number of aromatic nitrogens is 2. The lowest BCUT2D eigenvalue weighted by atomic mass is 10.1. The monoisotopic (exact) mass is 431 g/mol. The van der Waals surface area contributed by atoms with Crippen molar-refractivity contribution in [2.24, 2.45) is 0 Å². The number of pyridine rings is 1. The lowest BCUT2D eigenvalue weighted by Gasteiger charge is -2.04. The van der Waals surface area contributed by atoms with E-state index in [2.05, 4.69) is 15.3 Å². The molecule has 0 bridgehead atoms. The summed E-state index contributed by atoms with van der Waals surface area (Å²) in [5.74, 6) is -0.672. The van der Waals surface area contributed by atoms with Crippen molar-refractivity contribution in [3.05, 3.63) is 84.2 Å². The normalized spacial score (nSPS) is 10.5. The minimum Gasteiger partial charge on any atom is -0.497 e. The molecule has 0 atom stereocenters. The molecular formula is C23H17N3O4S. The molecule has 8 heteroatoms. The molecular weight excluding hydrogens is 414 g/mol. The highest BCUT2D eigenvalue weighted by Crippen LogP contribution is 2.39. The van der Waals surface area contributed by atoms with Crippen LogP contribution in [0.4, 0.5) is 5.13 Å². The molecule has 0 saturated heterocycles. The molecule has 0 aliphatic heterocycles. The molecule has 2 aromatic carbocycles. The number of amides is 1. The Balaban J connectivity index is 1.67. The van der Waals surface area contributed by atoms with Crippen LogP contribution in [0.1, 0.15) is 20.7 Å². The number of carbonyl (C=O) groups excluding carboxylic acids is 1. The molecule has 0 aliphatic rings. The van der Waals surface area contributed by atoms with Crippen LogP contribution < -0.4 is 10.1 Å². The highest BCUT2D eigenvalue weighted by molar-refractivity contribution is 7.19. The summed E-state index contributed by atoms with van der Waals surface area (Å²) in [5, 5.41) is 12.3. The second kappa shape index (κ2) is 8.76. The van der Waals surface area contributed by atoms with Gasteiger partial charge in [0.05, 0.1) is 23.2 Å². The number of nitrogens with one attached hydrogen (secondary N) is 1. The van der Waals surface area contributed by atoms with Crippen LogP contribution in [-0.4, -0.2) is 34.1 Å². The van der Waals surface area contributed by atoms with Crippen molar-refractivity contribution < 1.29 is 19.4 Å². The summed E-state index contributed by atoms with van der Waals surface area (Å²) in [5.41, 5.74) is 3.01. The maximum absolute atomic E-state index is 12.7. The van der Waals surface area contributed by atoms with E-state index in [4.69, 9.17) is 9.84 Å². The first kappa shape index (κ1) is 20.2. The average molecular weight is 431 g/mol.